The standard InChI is InChI=1S/C35H45BrN6O6S/c1-2-6-28(40-34(44)25(22-37)21-26-7-5-9-31(36)39-26)24-11-13-27(14-12-24)48-20-19-47-18-17-46-16-15-38-32(43)10-4-3-8-30-33-29(23-49-30)41-35(45)42-33/h5,7,9,11-14,21,28-30,33H,2-4,6,8,10,15-20,23H2,1H3,(H,38,43)(H,40,44)(H2,41,42,45)/t28?,29-,30-,33-/m0/s1. The second-order valence-corrected chi connectivity index (χ2v) is 13.8. The molecule has 0 aliphatic carbocycles. The van der Waals surface area contributed by atoms with Crippen molar-refractivity contribution in [3.05, 3.63) is 63.9 Å². The molecular weight excluding hydrogens is 712 g/mol. The average molecular weight is 758 g/mol. The zero-order chi connectivity index (χ0) is 34.8. The van der Waals surface area contributed by atoms with Gasteiger partial charge in [0.2, 0.25) is 5.91 Å². The Labute approximate surface area is 300 Å². The molecule has 3 heterocycles. The normalized spacial score (nSPS) is 18.9. The van der Waals surface area contributed by atoms with Gasteiger partial charge in [-0.2, -0.15) is 17.0 Å². The quantitative estimate of drug-likeness (QED) is 0.0467. The Bertz CT molecular complexity index is 1450. The van der Waals surface area contributed by atoms with Crippen molar-refractivity contribution in [3.63, 3.8) is 0 Å². The van der Waals surface area contributed by atoms with Crippen LogP contribution in [0.3, 0.4) is 0 Å². The third kappa shape index (κ3) is 13.0. The number of hydrogen-bond donors (Lipinski definition) is 4. The first-order valence-corrected chi connectivity index (χ1v) is 18.6. The first-order chi connectivity index (χ1) is 23.9. The van der Waals surface area contributed by atoms with Crippen LogP contribution in [0.4, 0.5) is 4.79 Å². The van der Waals surface area contributed by atoms with Gasteiger partial charge in [0, 0.05) is 24.0 Å². The minimum Gasteiger partial charge on any atom is -0.491 e. The molecule has 12 nitrogen and oxygen atoms in total. The number of carbonyl (C=O) groups is 3. The van der Waals surface area contributed by atoms with Crippen LogP contribution < -0.4 is 26.0 Å². The van der Waals surface area contributed by atoms with Gasteiger partial charge in [0.15, 0.2) is 0 Å². The summed E-state index contributed by atoms with van der Waals surface area (Å²) in [4.78, 5) is 40.8. The van der Waals surface area contributed by atoms with Crippen LogP contribution in [0, 0.1) is 11.3 Å². The van der Waals surface area contributed by atoms with E-state index in [0.29, 0.717) is 73.7 Å². The number of thioether (sulfide) groups is 1. The molecule has 1 aromatic carbocycles. The molecule has 2 saturated heterocycles. The zero-order valence-electron chi connectivity index (χ0n) is 27.8. The van der Waals surface area contributed by atoms with Gasteiger partial charge in [-0.15, -0.1) is 0 Å². The number of nitrogens with zero attached hydrogens (tertiary/aromatic N) is 2. The van der Waals surface area contributed by atoms with Gasteiger partial charge in [0.05, 0.1) is 50.2 Å². The number of amides is 4. The molecule has 0 spiro atoms. The summed E-state index contributed by atoms with van der Waals surface area (Å²) in [5.41, 5.74) is 1.42. The topological polar surface area (TPSA) is 164 Å². The van der Waals surface area contributed by atoms with Crippen molar-refractivity contribution in [2.24, 2.45) is 0 Å². The molecule has 2 aliphatic rings. The molecule has 4 atom stereocenters. The van der Waals surface area contributed by atoms with Crippen molar-refractivity contribution in [2.45, 2.75) is 68.8 Å². The first kappa shape index (κ1) is 38.2. The van der Waals surface area contributed by atoms with Gasteiger partial charge in [0.25, 0.3) is 5.91 Å². The number of nitrogens with one attached hydrogen (secondary N) is 4. The minimum atomic E-state index is -0.451. The Morgan fingerprint density at radius 1 is 1.10 bits per heavy atom. The third-order valence-electron chi connectivity index (χ3n) is 8.08. The fourth-order valence-electron chi connectivity index (χ4n) is 5.61. The van der Waals surface area contributed by atoms with Crippen LogP contribution in [0.15, 0.2) is 52.6 Å². The molecule has 1 unspecified atom stereocenters. The molecule has 0 radical (unpaired) electrons. The van der Waals surface area contributed by atoms with Crippen LogP contribution in [0.1, 0.15) is 62.7 Å². The summed E-state index contributed by atoms with van der Waals surface area (Å²) in [5.74, 6) is 1.21. The summed E-state index contributed by atoms with van der Waals surface area (Å²) in [6.45, 7) is 4.53. The number of fused-ring (bicyclic) bond motifs is 1. The third-order valence-corrected chi connectivity index (χ3v) is 10.0. The summed E-state index contributed by atoms with van der Waals surface area (Å²) in [5, 5.41) is 21.8. The Morgan fingerprint density at radius 3 is 2.63 bits per heavy atom. The maximum Gasteiger partial charge on any atom is 0.315 e. The van der Waals surface area contributed by atoms with Crippen molar-refractivity contribution in [1.82, 2.24) is 26.3 Å². The average Bonchev–Trinajstić information content (AvgIpc) is 3.65. The number of benzene rings is 1. The predicted octanol–water partition coefficient (Wildman–Crippen LogP) is 4.66. The van der Waals surface area contributed by atoms with E-state index in [9.17, 15) is 19.6 Å². The van der Waals surface area contributed by atoms with E-state index in [1.165, 1.54) is 6.08 Å². The lowest BCUT2D eigenvalue weighted by atomic mass is 10.0. The van der Waals surface area contributed by atoms with Gasteiger partial charge < -0.3 is 35.5 Å². The Balaban J connectivity index is 1.02. The molecule has 0 bridgehead atoms. The van der Waals surface area contributed by atoms with E-state index < -0.39 is 5.91 Å². The summed E-state index contributed by atoms with van der Waals surface area (Å²) in [7, 11) is 0. The Morgan fingerprint density at radius 2 is 1.88 bits per heavy atom. The van der Waals surface area contributed by atoms with Crippen LogP contribution in [0.2, 0.25) is 0 Å². The number of nitriles is 1. The number of urea groups is 1. The fraction of sp³-hybridized carbons (Fsp3) is 0.514. The van der Waals surface area contributed by atoms with Crippen LogP contribution >= 0.6 is 27.7 Å². The monoisotopic (exact) mass is 756 g/mol. The summed E-state index contributed by atoms with van der Waals surface area (Å²) >= 11 is 5.20. The fourth-order valence-corrected chi connectivity index (χ4v) is 7.51. The number of carbonyl (C=O) groups excluding carboxylic acids is 3. The molecule has 2 aliphatic heterocycles. The molecule has 2 fully saturated rings. The molecule has 14 heteroatoms. The van der Waals surface area contributed by atoms with E-state index >= 15 is 0 Å². The van der Waals surface area contributed by atoms with E-state index in [2.05, 4.69) is 42.2 Å². The highest BCUT2D eigenvalue weighted by molar-refractivity contribution is 9.10. The predicted molar refractivity (Wildman–Crippen MR) is 192 cm³/mol. The number of halogens is 1. The Hall–Kier alpha value is -3.64. The minimum absolute atomic E-state index is 0.0148. The largest absolute Gasteiger partial charge is 0.491 e. The van der Waals surface area contributed by atoms with Gasteiger partial charge in [-0.1, -0.05) is 38.0 Å². The smallest absolute Gasteiger partial charge is 0.315 e. The van der Waals surface area contributed by atoms with Crippen LogP contribution in [0.5, 0.6) is 5.75 Å². The summed E-state index contributed by atoms with van der Waals surface area (Å²) < 4.78 is 17.6. The van der Waals surface area contributed by atoms with Crippen LogP contribution in [-0.2, 0) is 19.1 Å². The maximum atomic E-state index is 12.9. The lowest BCUT2D eigenvalue weighted by Gasteiger charge is -2.19. The van der Waals surface area contributed by atoms with Crippen molar-refractivity contribution in [2.75, 3.05) is 45.3 Å². The van der Waals surface area contributed by atoms with Gasteiger partial charge in [-0.25, -0.2) is 9.78 Å². The van der Waals surface area contributed by atoms with Gasteiger partial charge in [-0.3, -0.25) is 9.59 Å². The lowest BCUT2D eigenvalue weighted by Crippen LogP contribution is -2.36. The molecule has 0 saturated carbocycles. The second kappa shape index (κ2) is 20.8. The highest BCUT2D eigenvalue weighted by atomic mass is 79.9. The van der Waals surface area contributed by atoms with Crippen LogP contribution in [-0.4, -0.2) is 85.5 Å². The number of ether oxygens (including phenoxy) is 3. The first-order valence-electron chi connectivity index (χ1n) is 16.7. The van der Waals surface area contributed by atoms with E-state index in [1.807, 2.05) is 49.0 Å². The molecule has 4 amide bonds. The molecular formula is C35H45BrN6O6S. The number of unbranched alkanes of at least 4 members (excludes halogenated alkanes) is 1. The van der Waals surface area contributed by atoms with Crippen LogP contribution in [0.25, 0.3) is 6.08 Å². The summed E-state index contributed by atoms with van der Waals surface area (Å²) in [6.07, 6.45) is 6.31. The highest BCUT2D eigenvalue weighted by Crippen LogP contribution is 2.33. The maximum absolute atomic E-state index is 12.9. The highest BCUT2D eigenvalue weighted by Gasteiger charge is 2.42. The van der Waals surface area contributed by atoms with E-state index in [1.54, 1.807) is 18.2 Å². The van der Waals surface area contributed by atoms with Gasteiger partial charge >= 0.3 is 6.03 Å². The second-order valence-electron chi connectivity index (χ2n) is 11.7. The lowest BCUT2D eigenvalue weighted by molar-refractivity contribution is -0.121. The van der Waals surface area contributed by atoms with E-state index in [-0.39, 0.29) is 35.6 Å². The van der Waals surface area contributed by atoms with Crippen molar-refractivity contribution < 1.29 is 28.6 Å². The molecule has 49 heavy (non-hydrogen) atoms. The zero-order valence-corrected chi connectivity index (χ0v) is 30.2. The van der Waals surface area contributed by atoms with Crippen molar-refractivity contribution in [3.8, 4) is 11.8 Å². The molecule has 264 valence electrons. The molecule has 4 N–H and O–H groups in total. The molecule has 2 aromatic rings. The molecule has 4 rings (SSSR count). The SMILES string of the molecule is CCCC(NC(=O)C(C#N)=Cc1cccc(Br)n1)c1ccc(OCCOCCOCCNC(=O)CCCC[C@@H]2SC[C@@H]3NC(=O)N[C@@H]32)cc1. The van der Waals surface area contributed by atoms with E-state index in [0.717, 1.165) is 37.0 Å². The molecule has 1 aromatic heterocycles. The number of pyridine rings is 1. The van der Waals surface area contributed by atoms with Crippen molar-refractivity contribution >= 4 is 51.6 Å². The number of aromatic nitrogens is 1. The number of hydrogen-bond acceptors (Lipinski definition) is 9. The van der Waals surface area contributed by atoms with Gasteiger partial charge in [-0.05, 0) is 71.1 Å². The van der Waals surface area contributed by atoms with E-state index in [4.69, 9.17) is 14.2 Å². The summed E-state index contributed by atoms with van der Waals surface area (Å²) in [6, 6.07) is 14.9. The number of rotatable bonds is 21. The van der Waals surface area contributed by atoms with Gasteiger partial charge in [0.1, 0.15) is 28.6 Å². The Kier molecular flexibility index (Phi) is 16.2. The van der Waals surface area contributed by atoms with Crippen molar-refractivity contribution in [1.29, 1.82) is 5.26 Å².